The summed E-state index contributed by atoms with van der Waals surface area (Å²) in [6.07, 6.45) is 3.55. The van der Waals surface area contributed by atoms with Gasteiger partial charge >= 0.3 is 0 Å². The van der Waals surface area contributed by atoms with Crippen LogP contribution in [0.4, 0.5) is 0 Å². The van der Waals surface area contributed by atoms with Crippen LogP contribution < -0.4 is 5.32 Å². The molecule has 5 nitrogen and oxygen atoms in total. The number of likely N-dealkylation sites (tertiary alicyclic amines) is 1. The highest BCUT2D eigenvalue weighted by atomic mass is 16.5. The molecule has 88 valence electrons. The Labute approximate surface area is 94.8 Å². The third-order valence-corrected chi connectivity index (χ3v) is 3.05. The first-order chi connectivity index (χ1) is 7.81. The predicted octanol–water partition coefficient (Wildman–Crippen LogP) is 0.746. The molecule has 1 N–H and O–H groups in total. The lowest BCUT2D eigenvalue weighted by molar-refractivity contribution is 0.0680. The fourth-order valence-corrected chi connectivity index (χ4v) is 2.11. The third kappa shape index (κ3) is 2.41. The Balaban J connectivity index is 1.87. The lowest BCUT2D eigenvalue weighted by atomic mass is 9.97. The average molecular weight is 223 g/mol. The molecule has 1 aromatic heterocycles. The Morgan fingerprint density at radius 3 is 2.94 bits per heavy atom. The molecule has 5 heteroatoms. The number of carbonyl (C=O) groups is 1. The van der Waals surface area contributed by atoms with Crippen molar-refractivity contribution in [1.29, 1.82) is 0 Å². The van der Waals surface area contributed by atoms with Crippen molar-refractivity contribution in [3.8, 4) is 0 Å². The molecule has 0 unspecified atom stereocenters. The topological polar surface area (TPSA) is 58.4 Å². The van der Waals surface area contributed by atoms with E-state index in [1.807, 2.05) is 11.9 Å². The molecule has 0 saturated carbocycles. The fourth-order valence-electron chi connectivity index (χ4n) is 2.11. The highest BCUT2D eigenvalue weighted by Gasteiger charge is 2.24. The zero-order chi connectivity index (χ0) is 11.4. The van der Waals surface area contributed by atoms with Crippen molar-refractivity contribution in [3.63, 3.8) is 0 Å². The monoisotopic (exact) mass is 223 g/mol. The maximum absolute atomic E-state index is 11.9. The van der Waals surface area contributed by atoms with Gasteiger partial charge in [0, 0.05) is 19.2 Å². The molecular weight excluding hydrogens is 206 g/mol. The maximum Gasteiger partial charge on any atom is 0.276 e. The van der Waals surface area contributed by atoms with Crippen LogP contribution >= 0.6 is 0 Å². The normalized spacial score (nSPS) is 17.7. The molecule has 1 aliphatic heterocycles. The SMILES string of the molecule is CNCC1CCN(C(=O)c2ccon2)CC1. The Kier molecular flexibility index (Phi) is 3.56. The van der Waals surface area contributed by atoms with Crippen molar-refractivity contribution in [2.75, 3.05) is 26.7 Å². The summed E-state index contributed by atoms with van der Waals surface area (Å²) >= 11 is 0. The van der Waals surface area contributed by atoms with E-state index in [1.165, 1.54) is 6.26 Å². The molecule has 0 aromatic carbocycles. The second-order valence-electron chi connectivity index (χ2n) is 4.18. The van der Waals surface area contributed by atoms with E-state index in [0.717, 1.165) is 32.5 Å². The van der Waals surface area contributed by atoms with Crippen LogP contribution in [0.5, 0.6) is 0 Å². The van der Waals surface area contributed by atoms with Gasteiger partial charge in [-0.3, -0.25) is 4.79 Å². The zero-order valence-electron chi connectivity index (χ0n) is 9.48. The quantitative estimate of drug-likeness (QED) is 0.821. The van der Waals surface area contributed by atoms with Crippen LogP contribution in [-0.2, 0) is 0 Å². The smallest absolute Gasteiger partial charge is 0.276 e. The van der Waals surface area contributed by atoms with Crippen LogP contribution in [0, 0.1) is 5.92 Å². The summed E-state index contributed by atoms with van der Waals surface area (Å²) in [4.78, 5) is 13.8. The largest absolute Gasteiger partial charge is 0.364 e. The van der Waals surface area contributed by atoms with Crippen LogP contribution in [0.3, 0.4) is 0 Å². The third-order valence-electron chi connectivity index (χ3n) is 3.05. The zero-order valence-corrected chi connectivity index (χ0v) is 9.48. The minimum absolute atomic E-state index is 0.0170. The van der Waals surface area contributed by atoms with Gasteiger partial charge in [-0.15, -0.1) is 0 Å². The van der Waals surface area contributed by atoms with Gasteiger partial charge in [0.1, 0.15) is 6.26 Å². The first-order valence-electron chi connectivity index (χ1n) is 5.65. The summed E-state index contributed by atoms with van der Waals surface area (Å²) in [6, 6.07) is 1.61. The maximum atomic E-state index is 11.9. The molecule has 0 bridgehead atoms. The molecule has 1 fully saturated rings. The summed E-state index contributed by atoms with van der Waals surface area (Å²) in [6.45, 7) is 2.67. The fraction of sp³-hybridized carbons (Fsp3) is 0.636. The van der Waals surface area contributed by atoms with Crippen molar-refractivity contribution in [2.45, 2.75) is 12.8 Å². The number of piperidine rings is 1. The van der Waals surface area contributed by atoms with E-state index < -0.39 is 0 Å². The Morgan fingerprint density at radius 2 is 2.38 bits per heavy atom. The minimum atomic E-state index is -0.0170. The van der Waals surface area contributed by atoms with Crippen molar-refractivity contribution >= 4 is 5.91 Å². The predicted molar refractivity (Wildman–Crippen MR) is 59.1 cm³/mol. The first kappa shape index (κ1) is 11.1. The standard InChI is InChI=1S/C11H17N3O2/c1-12-8-9-2-5-14(6-3-9)11(15)10-4-7-16-13-10/h4,7,9,12H,2-3,5-6,8H2,1H3. The summed E-state index contributed by atoms with van der Waals surface area (Å²) in [5.41, 5.74) is 0.409. The van der Waals surface area contributed by atoms with Crippen molar-refractivity contribution in [1.82, 2.24) is 15.4 Å². The van der Waals surface area contributed by atoms with E-state index in [0.29, 0.717) is 11.6 Å². The number of amides is 1. The van der Waals surface area contributed by atoms with E-state index in [9.17, 15) is 4.79 Å². The molecule has 16 heavy (non-hydrogen) atoms. The van der Waals surface area contributed by atoms with Crippen LogP contribution in [0.1, 0.15) is 23.3 Å². The van der Waals surface area contributed by atoms with Gasteiger partial charge in [0.2, 0.25) is 0 Å². The first-order valence-corrected chi connectivity index (χ1v) is 5.65. The molecule has 1 saturated heterocycles. The lowest BCUT2D eigenvalue weighted by Crippen LogP contribution is -2.40. The van der Waals surface area contributed by atoms with Gasteiger partial charge < -0.3 is 14.7 Å². The molecule has 0 radical (unpaired) electrons. The van der Waals surface area contributed by atoms with E-state index in [2.05, 4.69) is 15.0 Å². The number of hydrogen-bond donors (Lipinski definition) is 1. The molecular formula is C11H17N3O2. The molecule has 0 aliphatic carbocycles. The highest BCUT2D eigenvalue weighted by molar-refractivity contribution is 5.92. The summed E-state index contributed by atoms with van der Waals surface area (Å²) < 4.78 is 4.68. The summed E-state index contributed by atoms with van der Waals surface area (Å²) in [7, 11) is 1.97. The minimum Gasteiger partial charge on any atom is -0.364 e. The van der Waals surface area contributed by atoms with Crippen LogP contribution in [0.25, 0.3) is 0 Å². The van der Waals surface area contributed by atoms with E-state index in [1.54, 1.807) is 6.07 Å². The number of rotatable bonds is 3. The van der Waals surface area contributed by atoms with Crippen molar-refractivity contribution in [3.05, 3.63) is 18.0 Å². The number of hydrogen-bond acceptors (Lipinski definition) is 4. The number of carbonyl (C=O) groups excluding carboxylic acids is 1. The molecule has 1 aromatic rings. The number of aromatic nitrogens is 1. The summed E-state index contributed by atoms with van der Waals surface area (Å²) in [5.74, 6) is 0.669. The van der Waals surface area contributed by atoms with E-state index in [4.69, 9.17) is 0 Å². The Hall–Kier alpha value is -1.36. The molecule has 1 aliphatic rings. The van der Waals surface area contributed by atoms with Gasteiger partial charge in [-0.1, -0.05) is 5.16 Å². The Morgan fingerprint density at radius 1 is 1.62 bits per heavy atom. The number of nitrogens with one attached hydrogen (secondary N) is 1. The average Bonchev–Trinajstić information content (AvgIpc) is 2.83. The Bertz CT molecular complexity index is 329. The van der Waals surface area contributed by atoms with Gasteiger partial charge in [0.15, 0.2) is 5.69 Å². The van der Waals surface area contributed by atoms with Crippen molar-refractivity contribution in [2.24, 2.45) is 5.92 Å². The van der Waals surface area contributed by atoms with Gasteiger partial charge in [0.25, 0.3) is 5.91 Å². The number of nitrogens with zero attached hydrogens (tertiary/aromatic N) is 2. The van der Waals surface area contributed by atoms with E-state index >= 15 is 0 Å². The van der Waals surface area contributed by atoms with Gasteiger partial charge in [-0.25, -0.2) is 0 Å². The van der Waals surface area contributed by atoms with Gasteiger partial charge in [0.05, 0.1) is 0 Å². The van der Waals surface area contributed by atoms with Crippen molar-refractivity contribution < 1.29 is 9.32 Å². The van der Waals surface area contributed by atoms with Gasteiger partial charge in [-0.2, -0.15) is 0 Å². The van der Waals surface area contributed by atoms with Crippen LogP contribution in [0.15, 0.2) is 16.9 Å². The second-order valence-corrected chi connectivity index (χ2v) is 4.18. The molecule has 1 amide bonds. The van der Waals surface area contributed by atoms with E-state index in [-0.39, 0.29) is 5.91 Å². The molecule has 2 rings (SSSR count). The van der Waals surface area contributed by atoms with Crippen LogP contribution in [0.2, 0.25) is 0 Å². The lowest BCUT2D eigenvalue weighted by Gasteiger charge is -2.31. The van der Waals surface area contributed by atoms with Crippen LogP contribution in [-0.4, -0.2) is 42.6 Å². The molecule has 0 spiro atoms. The van der Waals surface area contributed by atoms with Gasteiger partial charge in [-0.05, 0) is 32.4 Å². The molecule has 0 atom stereocenters. The summed E-state index contributed by atoms with van der Waals surface area (Å²) in [5, 5.41) is 6.85. The second kappa shape index (κ2) is 5.12. The molecule has 2 heterocycles. The highest BCUT2D eigenvalue weighted by Crippen LogP contribution is 2.17.